The fourth-order valence-electron chi connectivity index (χ4n) is 1.82. The van der Waals surface area contributed by atoms with Gasteiger partial charge in [-0.3, -0.25) is 4.79 Å². The molecule has 6 nitrogen and oxygen atoms in total. The van der Waals surface area contributed by atoms with Gasteiger partial charge in [0, 0.05) is 19.6 Å². The van der Waals surface area contributed by atoms with Gasteiger partial charge >= 0.3 is 5.97 Å². The molecule has 1 unspecified atom stereocenters. The molecule has 0 spiro atoms. The van der Waals surface area contributed by atoms with Gasteiger partial charge in [0.05, 0.1) is 6.20 Å². The molecule has 1 aliphatic heterocycles. The largest absolute Gasteiger partial charge is 0.480 e. The molecule has 1 amide bonds. The maximum Gasteiger partial charge on any atom is 0.327 e. The first-order valence-corrected chi connectivity index (χ1v) is 5.45. The van der Waals surface area contributed by atoms with Crippen molar-refractivity contribution in [3.8, 4) is 0 Å². The number of carbonyl (C=O) groups is 2. The van der Waals surface area contributed by atoms with Gasteiger partial charge in [-0.25, -0.2) is 14.2 Å². The van der Waals surface area contributed by atoms with Gasteiger partial charge in [0.15, 0.2) is 0 Å². The molecule has 96 valence electrons. The van der Waals surface area contributed by atoms with Gasteiger partial charge in [0.2, 0.25) is 0 Å². The number of halogens is 1. The maximum atomic E-state index is 12.7. The highest BCUT2D eigenvalue weighted by Gasteiger charge is 2.32. The molecule has 0 radical (unpaired) electrons. The van der Waals surface area contributed by atoms with Crippen molar-refractivity contribution in [3.05, 3.63) is 29.8 Å². The lowest BCUT2D eigenvalue weighted by Gasteiger charge is -2.33. The quantitative estimate of drug-likeness (QED) is 0.757. The second-order valence-corrected chi connectivity index (χ2v) is 3.92. The molecule has 2 heterocycles. The number of nitrogens with zero attached hydrogens (tertiary/aromatic N) is 2. The number of amides is 1. The third-order valence-corrected chi connectivity index (χ3v) is 2.74. The summed E-state index contributed by atoms with van der Waals surface area (Å²) in [7, 11) is 0. The summed E-state index contributed by atoms with van der Waals surface area (Å²) in [5.41, 5.74) is 0.0459. The molecule has 1 saturated heterocycles. The van der Waals surface area contributed by atoms with E-state index in [2.05, 4.69) is 10.3 Å². The second-order valence-electron chi connectivity index (χ2n) is 3.92. The molecule has 1 aromatic rings. The van der Waals surface area contributed by atoms with E-state index in [0.29, 0.717) is 6.54 Å². The van der Waals surface area contributed by atoms with Crippen LogP contribution in [0.3, 0.4) is 0 Å². The van der Waals surface area contributed by atoms with Crippen molar-refractivity contribution < 1.29 is 19.1 Å². The van der Waals surface area contributed by atoms with E-state index in [0.717, 1.165) is 12.3 Å². The number of piperazine rings is 1. The summed E-state index contributed by atoms with van der Waals surface area (Å²) in [5, 5.41) is 11.9. The Kier molecular flexibility index (Phi) is 3.52. The zero-order valence-corrected chi connectivity index (χ0v) is 9.47. The van der Waals surface area contributed by atoms with Gasteiger partial charge in [-0.15, -0.1) is 0 Å². The predicted octanol–water partition coefficient (Wildman–Crippen LogP) is -0.281. The summed E-state index contributed by atoms with van der Waals surface area (Å²) in [6.07, 6.45) is 0.936. The Balaban J connectivity index is 2.20. The molecule has 7 heteroatoms. The van der Waals surface area contributed by atoms with Crippen LogP contribution in [0.4, 0.5) is 4.39 Å². The van der Waals surface area contributed by atoms with E-state index in [1.165, 1.54) is 11.0 Å². The van der Waals surface area contributed by atoms with E-state index < -0.39 is 23.7 Å². The van der Waals surface area contributed by atoms with Crippen molar-refractivity contribution in [1.82, 2.24) is 15.2 Å². The van der Waals surface area contributed by atoms with Crippen LogP contribution in [0.25, 0.3) is 0 Å². The van der Waals surface area contributed by atoms with Gasteiger partial charge in [0.25, 0.3) is 5.91 Å². The normalized spacial score (nSPS) is 19.6. The van der Waals surface area contributed by atoms with E-state index in [-0.39, 0.29) is 18.8 Å². The summed E-state index contributed by atoms with van der Waals surface area (Å²) < 4.78 is 12.7. The summed E-state index contributed by atoms with van der Waals surface area (Å²) in [4.78, 5) is 28.0. The average Bonchev–Trinajstić information content (AvgIpc) is 2.39. The lowest BCUT2D eigenvalue weighted by atomic mass is 10.1. The van der Waals surface area contributed by atoms with Crippen molar-refractivity contribution in [1.29, 1.82) is 0 Å². The van der Waals surface area contributed by atoms with E-state index in [1.807, 2.05) is 0 Å². The van der Waals surface area contributed by atoms with Gasteiger partial charge in [-0.1, -0.05) is 0 Å². The Hall–Kier alpha value is -2.02. The zero-order valence-electron chi connectivity index (χ0n) is 9.47. The summed E-state index contributed by atoms with van der Waals surface area (Å²) in [6, 6.07) is 1.45. The lowest BCUT2D eigenvalue weighted by molar-refractivity contribution is -0.142. The molecular formula is C11H12FN3O3. The molecule has 1 aliphatic rings. The van der Waals surface area contributed by atoms with Crippen LogP contribution in [0, 0.1) is 5.82 Å². The molecule has 1 fully saturated rings. The maximum absolute atomic E-state index is 12.7. The van der Waals surface area contributed by atoms with Crippen molar-refractivity contribution in [2.45, 2.75) is 6.04 Å². The van der Waals surface area contributed by atoms with Crippen LogP contribution in [0.15, 0.2) is 18.3 Å². The van der Waals surface area contributed by atoms with Crippen LogP contribution in [-0.2, 0) is 4.79 Å². The van der Waals surface area contributed by atoms with E-state index >= 15 is 0 Å². The second kappa shape index (κ2) is 5.09. The first kappa shape index (κ1) is 12.4. The van der Waals surface area contributed by atoms with Crippen molar-refractivity contribution >= 4 is 11.9 Å². The van der Waals surface area contributed by atoms with Crippen LogP contribution in [-0.4, -0.2) is 52.5 Å². The Bertz CT molecular complexity index is 463. The number of hydrogen-bond acceptors (Lipinski definition) is 4. The highest BCUT2D eigenvalue weighted by Crippen LogP contribution is 2.09. The number of carboxylic acids is 1. The van der Waals surface area contributed by atoms with E-state index in [4.69, 9.17) is 5.11 Å². The number of rotatable bonds is 2. The third-order valence-electron chi connectivity index (χ3n) is 2.74. The minimum atomic E-state index is -1.07. The first-order chi connectivity index (χ1) is 8.59. The molecule has 2 rings (SSSR count). The first-order valence-electron chi connectivity index (χ1n) is 5.45. The van der Waals surface area contributed by atoms with Gasteiger partial charge in [-0.2, -0.15) is 0 Å². The van der Waals surface area contributed by atoms with Gasteiger partial charge in [0.1, 0.15) is 17.6 Å². The van der Waals surface area contributed by atoms with Gasteiger partial charge < -0.3 is 15.3 Å². The Morgan fingerprint density at radius 1 is 1.50 bits per heavy atom. The number of nitrogens with one attached hydrogen (secondary N) is 1. The number of carboxylic acid groups (broad SMARTS) is 1. The molecular weight excluding hydrogens is 241 g/mol. The van der Waals surface area contributed by atoms with Crippen molar-refractivity contribution in [2.24, 2.45) is 0 Å². The predicted molar refractivity (Wildman–Crippen MR) is 59.5 cm³/mol. The summed E-state index contributed by atoms with van der Waals surface area (Å²) in [5.74, 6) is -2.11. The standard InChI is InChI=1S/C11H12FN3O3/c12-7-1-2-8(14-5-7)10(16)15-4-3-13-6-9(15)11(17)18/h1-2,5,9,13H,3-4,6H2,(H,17,18). The number of carbonyl (C=O) groups excluding carboxylic acids is 1. The topological polar surface area (TPSA) is 82.5 Å². The average molecular weight is 253 g/mol. The molecule has 2 N–H and O–H groups in total. The number of hydrogen-bond donors (Lipinski definition) is 2. The Morgan fingerprint density at radius 2 is 2.28 bits per heavy atom. The molecule has 18 heavy (non-hydrogen) atoms. The van der Waals surface area contributed by atoms with Crippen LogP contribution < -0.4 is 5.32 Å². The van der Waals surface area contributed by atoms with Crippen LogP contribution in [0.1, 0.15) is 10.5 Å². The van der Waals surface area contributed by atoms with Crippen LogP contribution in [0.2, 0.25) is 0 Å². The van der Waals surface area contributed by atoms with E-state index in [9.17, 15) is 14.0 Å². The summed E-state index contributed by atoms with van der Waals surface area (Å²) in [6.45, 7) is 1.01. The van der Waals surface area contributed by atoms with Gasteiger partial charge in [-0.05, 0) is 12.1 Å². The monoisotopic (exact) mass is 253 g/mol. The van der Waals surface area contributed by atoms with Crippen LogP contribution in [0.5, 0.6) is 0 Å². The zero-order chi connectivity index (χ0) is 13.1. The number of aliphatic carboxylic acids is 1. The fraction of sp³-hybridized carbons (Fsp3) is 0.364. The molecule has 1 atom stereocenters. The Labute approximate surface area is 102 Å². The molecule has 0 aliphatic carbocycles. The number of pyridine rings is 1. The lowest BCUT2D eigenvalue weighted by Crippen LogP contribution is -2.57. The number of aromatic nitrogens is 1. The van der Waals surface area contributed by atoms with Crippen LogP contribution >= 0.6 is 0 Å². The SMILES string of the molecule is O=C(O)C1CNCCN1C(=O)c1ccc(F)cn1. The molecule has 0 bridgehead atoms. The molecule has 0 saturated carbocycles. The van der Waals surface area contributed by atoms with Crippen molar-refractivity contribution in [3.63, 3.8) is 0 Å². The minimum absolute atomic E-state index is 0.0459. The van der Waals surface area contributed by atoms with E-state index in [1.54, 1.807) is 0 Å². The fourth-order valence-corrected chi connectivity index (χ4v) is 1.82. The summed E-state index contributed by atoms with van der Waals surface area (Å²) >= 11 is 0. The smallest absolute Gasteiger partial charge is 0.327 e. The minimum Gasteiger partial charge on any atom is -0.480 e. The highest BCUT2D eigenvalue weighted by molar-refractivity contribution is 5.95. The molecule has 0 aromatic carbocycles. The highest BCUT2D eigenvalue weighted by atomic mass is 19.1. The third kappa shape index (κ3) is 2.45. The Morgan fingerprint density at radius 3 is 2.89 bits per heavy atom. The molecule has 1 aromatic heterocycles. The van der Waals surface area contributed by atoms with Crippen molar-refractivity contribution in [2.75, 3.05) is 19.6 Å².